The van der Waals surface area contributed by atoms with E-state index in [1.165, 1.54) is 5.56 Å². The summed E-state index contributed by atoms with van der Waals surface area (Å²) in [4.78, 5) is 12.0. The van der Waals surface area contributed by atoms with E-state index >= 15 is 0 Å². The van der Waals surface area contributed by atoms with Crippen LogP contribution in [0.3, 0.4) is 0 Å². The zero-order chi connectivity index (χ0) is 13.4. The minimum absolute atomic E-state index is 0.0206. The van der Waals surface area contributed by atoms with Crippen LogP contribution in [-0.4, -0.2) is 4.57 Å². The molecule has 1 atom stereocenters. The molecule has 0 spiro atoms. The molecule has 1 unspecified atom stereocenters. The van der Waals surface area contributed by atoms with Gasteiger partial charge < -0.3 is 8.98 Å². The lowest BCUT2D eigenvalue weighted by Crippen LogP contribution is -2.17. The smallest absolute Gasteiger partial charge is 0.261 e. The Morgan fingerprint density at radius 2 is 1.89 bits per heavy atom. The maximum atomic E-state index is 12.0. The second-order valence-corrected chi connectivity index (χ2v) is 4.80. The summed E-state index contributed by atoms with van der Waals surface area (Å²) in [6.07, 6.45) is 3.44. The monoisotopic (exact) mass is 253 g/mol. The molecule has 0 saturated carbocycles. The lowest BCUT2D eigenvalue weighted by molar-refractivity contribution is 0.606. The van der Waals surface area contributed by atoms with E-state index in [4.69, 9.17) is 4.42 Å². The van der Waals surface area contributed by atoms with Gasteiger partial charge in [0.15, 0.2) is 0 Å². The number of aryl methyl sites for hydroxylation is 1. The number of hydrogen-bond acceptors (Lipinski definition) is 2. The fourth-order valence-electron chi connectivity index (χ4n) is 2.45. The lowest BCUT2D eigenvalue weighted by atomic mass is 9.93. The molecule has 0 aliphatic carbocycles. The van der Waals surface area contributed by atoms with E-state index in [9.17, 15) is 4.79 Å². The van der Waals surface area contributed by atoms with Crippen molar-refractivity contribution in [2.24, 2.45) is 7.05 Å². The minimum Gasteiger partial charge on any atom is -0.464 e. The van der Waals surface area contributed by atoms with Gasteiger partial charge in [0.25, 0.3) is 5.56 Å². The molecule has 3 heteroatoms. The number of furan rings is 1. The van der Waals surface area contributed by atoms with Gasteiger partial charge in [0.1, 0.15) is 5.58 Å². The second kappa shape index (κ2) is 4.43. The van der Waals surface area contributed by atoms with Crippen molar-refractivity contribution in [3.63, 3.8) is 0 Å². The van der Waals surface area contributed by atoms with Crippen molar-refractivity contribution in [2.45, 2.75) is 12.8 Å². The molecule has 0 aliphatic rings. The van der Waals surface area contributed by atoms with Crippen molar-refractivity contribution in [3.8, 4) is 0 Å². The summed E-state index contributed by atoms with van der Waals surface area (Å²) in [5.41, 5.74) is 2.92. The molecular weight excluding hydrogens is 238 g/mol. The van der Waals surface area contributed by atoms with Gasteiger partial charge in [-0.15, -0.1) is 0 Å². The Bertz CT molecular complexity index is 768. The number of rotatable bonds is 2. The van der Waals surface area contributed by atoms with Crippen molar-refractivity contribution < 1.29 is 4.42 Å². The zero-order valence-electron chi connectivity index (χ0n) is 11.0. The van der Waals surface area contributed by atoms with Gasteiger partial charge in [-0.05, 0) is 11.6 Å². The molecular formula is C16H15NO2. The van der Waals surface area contributed by atoms with E-state index < -0.39 is 0 Å². The third kappa shape index (κ3) is 1.87. The molecule has 2 aromatic heterocycles. The SMILES string of the molecule is CC(c1ccccc1)c1cn(C)c(=O)c2ccoc12. The lowest BCUT2D eigenvalue weighted by Gasteiger charge is -2.14. The number of fused-ring (bicyclic) bond motifs is 1. The molecule has 0 N–H and O–H groups in total. The Labute approximate surface area is 111 Å². The molecule has 3 aromatic rings. The Hall–Kier alpha value is -2.29. The summed E-state index contributed by atoms with van der Waals surface area (Å²) in [5, 5.41) is 0.641. The summed E-state index contributed by atoms with van der Waals surface area (Å²) >= 11 is 0. The highest BCUT2D eigenvalue weighted by molar-refractivity contribution is 5.80. The third-order valence-corrected chi connectivity index (χ3v) is 3.58. The first-order chi connectivity index (χ1) is 9.18. The van der Waals surface area contributed by atoms with Gasteiger partial charge in [-0.1, -0.05) is 37.3 Å². The number of aromatic nitrogens is 1. The maximum Gasteiger partial charge on any atom is 0.261 e. The van der Waals surface area contributed by atoms with Gasteiger partial charge in [-0.3, -0.25) is 4.79 Å². The zero-order valence-corrected chi connectivity index (χ0v) is 11.0. The fraction of sp³-hybridized carbons (Fsp3) is 0.188. The van der Waals surface area contributed by atoms with Crippen LogP contribution in [0.4, 0.5) is 0 Å². The van der Waals surface area contributed by atoms with E-state index in [-0.39, 0.29) is 11.5 Å². The van der Waals surface area contributed by atoms with Crippen LogP contribution in [0.1, 0.15) is 24.0 Å². The van der Waals surface area contributed by atoms with Crippen LogP contribution in [0.2, 0.25) is 0 Å². The average Bonchev–Trinajstić information content (AvgIpc) is 2.93. The van der Waals surface area contributed by atoms with Crippen LogP contribution in [0.25, 0.3) is 11.0 Å². The molecule has 3 nitrogen and oxygen atoms in total. The van der Waals surface area contributed by atoms with Crippen LogP contribution >= 0.6 is 0 Å². The molecule has 0 fully saturated rings. The van der Waals surface area contributed by atoms with Gasteiger partial charge >= 0.3 is 0 Å². The van der Waals surface area contributed by atoms with Crippen molar-refractivity contribution >= 4 is 11.0 Å². The molecule has 3 rings (SSSR count). The highest BCUT2D eigenvalue weighted by Gasteiger charge is 2.16. The number of hydrogen-bond donors (Lipinski definition) is 0. The van der Waals surface area contributed by atoms with E-state index in [2.05, 4.69) is 19.1 Å². The van der Waals surface area contributed by atoms with E-state index in [1.54, 1.807) is 23.9 Å². The number of nitrogens with zero attached hydrogens (tertiary/aromatic N) is 1. The molecule has 0 amide bonds. The quantitative estimate of drug-likeness (QED) is 0.702. The standard InChI is InChI=1S/C16H15NO2/c1-11(12-6-4-3-5-7-12)14-10-17(2)16(18)13-8-9-19-15(13)14/h3-11H,1-2H3. The molecule has 0 bridgehead atoms. The van der Waals surface area contributed by atoms with Gasteiger partial charge in [-0.2, -0.15) is 0 Å². The van der Waals surface area contributed by atoms with Gasteiger partial charge in [-0.25, -0.2) is 0 Å². The summed E-state index contributed by atoms with van der Waals surface area (Å²) in [5.74, 6) is 0.182. The van der Waals surface area contributed by atoms with Gasteiger partial charge in [0.05, 0.1) is 11.6 Å². The normalized spacial score (nSPS) is 12.7. The van der Waals surface area contributed by atoms with Crippen molar-refractivity contribution in [2.75, 3.05) is 0 Å². The van der Waals surface area contributed by atoms with Crippen molar-refractivity contribution in [1.82, 2.24) is 4.57 Å². The van der Waals surface area contributed by atoms with Crippen molar-refractivity contribution in [1.29, 1.82) is 0 Å². The Kier molecular flexibility index (Phi) is 2.75. The van der Waals surface area contributed by atoms with Gasteiger partial charge in [0, 0.05) is 24.7 Å². The first-order valence-electron chi connectivity index (χ1n) is 6.30. The largest absolute Gasteiger partial charge is 0.464 e. The molecule has 1 aromatic carbocycles. The van der Waals surface area contributed by atoms with Crippen LogP contribution in [0.15, 0.2) is 58.1 Å². The number of pyridine rings is 1. The summed E-state index contributed by atoms with van der Waals surface area (Å²) < 4.78 is 7.13. The second-order valence-electron chi connectivity index (χ2n) is 4.80. The summed E-state index contributed by atoms with van der Waals surface area (Å²) in [6, 6.07) is 12.0. The van der Waals surface area contributed by atoms with Crippen LogP contribution in [0, 0.1) is 0 Å². The summed E-state index contributed by atoms with van der Waals surface area (Å²) in [7, 11) is 1.77. The third-order valence-electron chi connectivity index (χ3n) is 3.58. The molecule has 0 saturated heterocycles. The van der Waals surface area contributed by atoms with Crippen LogP contribution in [-0.2, 0) is 7.05 Å². The number of benzene rings is 1. The minimum atomic E-state index is -0.0206. The Balaban J connectivity index is 2.23. The molecule has 96 valence electrons. The van der Waals surface area contributed by atoms with Crippen LogP contribution < -0.4 is 5.56 Å². The average molecular weight is 253 g/mol. The van der Waals surface area contributed by atoms with Crippen molar-refractivity contribution in [3.05, 3.63) is 70.3 Å². The molecule has 2 heterocycles. The van der Waals surface area contributed by atoms with E-state index in [1.807, 2.05) is 24.4 Å². The van der Waals surface area contributed by atoms with Crippen LogP contribution in [0.5, 0.6) is 0 Å². The molecule has 0 radical (unpaired) electrons. The fourth-order valence-corrected chi connectivity index (χ4v) is 2.45. The maximum absolute atomic E-state index is 12.0. The summed E-state index contributed by atoms with van der Waals surface area (Å²) in [6.45, 7) is 2.12. The predicted octanol–water partition coefficient (Wildman–Crippen LogP) is 3.28. The molecule has 19 heavy (non-hydrogen) atoms. The van der Waals surface area contributed by atoms with Gasteiger partial charge in [0.2, 0.25) is 0 Å². The Morgan fingerprint density at radius 1 is 1.16 bits per heavy atom. The molecule has 0 aliphatic heterocycles. The van der Waals surface area contributed by atoms with E-state index in [0.717, 1.165) is 5.56 Å². The van der Waals surface area contributed by atoms with E-state index in [0.29, 0.717) is 11.0 Å². The first kappa shape index (κ1) is 11.8. The predicted molar refractivity (Wildman–Crippen MR) is 75.4 cm³/mol. The highest BCUT2D eigenvalue weighted by Crippen LogP contribution is 2.29. The topological polar surface area (TPSA) is 35.1 Å². The highest BCUT2D eigenvalue weighted by atomic mass is 16.3. The Morgan fingerprint density at radius 3 is 2.63 bits per heavy atom. The first-order valence-corrected chi connectivity index (χ1v) is 6.30.